The number of ether oxygens (including phenoxy) is 2. The zero-order valence-electron chi connectivity index (χ0n) is 15.8. The van der Waals surface area contributed by atoms with Gasteiger partial charge in [0, 0.05) is 5.39 Å². The van der Waals surface area contributed by atoms with E-state index in [0.717, 1.165) is 34.3 Å². The molecule has 3 rings (SSSR count). The van der Waals surface area contributed by atoms with Gasteiger partial charge in [0.15, 0.2) is 6.10 Å². The lowest BCUT2D eigenvalue weighted by Gasteiger charge is -2.17. The first kappa shape index (κ1) is 18.8. The lowest BCUT2D eigenvalue weighted by molar-refractivity contribution is -0.127. The van der Waals surface area contributed by atoms with Gasteiger partial charge in [-0.15, -0.1) is 0 Å². The molecule has 0 bridgehead atoms. The van der Waals surface area contributed by atoms with Crippen molar-refractivity contribution in [2.24, 2.45) is 0 Å². The van der Waals surface area contributed by atoms with E-state index in [9.17, 15) is 4.79 Å². The minimum Gasteiger partial charge on any atom is -0.491 e. The monoisotopic (exact) mass is 363 g/mol. The summed E-state index contributed by atoms with van der Waals surface area (Å²) in [5, 5.41) is 5.07. The zero-order valence-corrected chi connectivity index (χ0v) is 15.8. The maximum Gasteiger partial charge on any atom is 0.260 e. The Kier molecular flexibility index (Phi) is 6.31. The Bertz CT molecular complexity index is 902. The predicted octanol–water partition coefficient (Wildman–Crippen LogP) is 4.36. The third-order valence-corrected chi connectivity index (χ3v) is 4.43. The van der Waals surface area contributed by atoms with Gasteiger partial charge in [-0.05, 0) is 36.4 Å². The molecular formula is C23H25NO3. The van der Waals surface area contributed by atoms with Gasteiger partial charge in [-0.25, -0.2) is 0 Å². The number of rotatable bonds is 8. The number of hydrogen-bond donors (Lipinski definition) is 1. The van der Waals surface area contributed by atoms with E-state index >= 15 is 0 Å². The summed E-state index contributed by atoms with van der Waals surface area (Å²) in [4.78, 5) is 12.3. The molecule has 0 unspecified atom stereocenters. The van der Waals surface area contributed by atoms with Crippen LogP contribution in [0.25, 0.3) is 10.8 Å². The Morgan fingerprint density at radius 1 is 0.963 bits per heavy atom. The van der Waals surface area contributed by atoms with Crippen molar-refractivity contribution in [2.75, 3.05) is 13.2 Å². The fourth-order valence-electron chi connectivity index (χ4n) is 2.96. The highest BCUT2D eigenvalue weighted by molar-refractivity contribution is 5.88. The molecule has 0 aliphatic rings. The van der Waals surface area contributed by atoms with Gasteiger partial charge in [0.1, 0.15) is 18.1 Å². The van der Waals surface area contributed by atoms with Crippen LogP contribution in [0.15, 0.2) is 66.7 Å². The molecule has 3 aromatic carbocycles. The van der Waals surface area contributed by atoms with Crippen molar-refractivity contribution in [3.8, 4) is 11.5 Å². The first-order valence-electron chi connectivity index (χ1n) is 9.32. The van der Waals surface area contributed by atoms with E-state index in [-0.39, 0.29) is 5.91 Å². The van der Waals surface area contributed by atoms with Crippen LogP contribution in [0, 0.1) is 0 Å². The fourth-order valence-corrected chi connectivity index (χ4v) is 2.96. The summed E-state index contributed by atoms with van der Waals surface area (Å²) in [7, 11) is 0. The van der Waals surface area contributed by atoms with Gasteiger partial charge in [0.25, 0.3) is 5.91 Å². The maximum absolute atomic E-state index is 12.3. The van der Waals surface area contributed by atoms with Crippen molar-refractivity contribution in [3.63, 3.8) is 0 Å². The number of benzene rings is 3. The van der Waals surface area contributed by atoms with Crippen molar-refractivity contribution < 1.29 is 14.3 Å². The van der Waals surface area contributed by atoms with Gasteiger partial charge < -0.3 is 14.8 Å². The van der Waals surface area contributed by atoms with E-state index in [0.29, 0.717) is 13.2 Å². The Morgan fingerprint density at radius 3 is 2.52 bits per heavy atom. The average Bonchev–Trinajstić information content (AvgIpc) is 2.71. The molecule has 4 heteroatoms. The number of nitrogens with one attached hydrogen (secondary N) is 1. The van der Waals surface area contributed by atoms with Crippen molar-refractivity contribution in [2.45, 2.75) is 26.4 Å². The number of hydrogen-bond acceptors (Lipinski definition) is 3. The molecule has 1 amide bonds. The molecular weight excluding hydrogens is 338 g/mol. The molecule has 0 aromatic heterocycles. The van der Waals surface area contributed by atoms with Crippen molar-refractivity contribution >= 4 is 16.7 Å². The molecule has 0 fully saturated rings. The van der Waals surface area contributed by atoms with E-state index in [1.807, 2.05) is 54.6 Å². The molecule has 0 heterocycles. The van der Waals surface area contributed by atoms with Gasteiger partial charge >= 0.3 is 0 Å². The third kappa shape index (κ3) is 4.79. The largest absolute Gasteiger partial charge is 0.491 e. The molecule has 1 N–H and O–H groups in total. The molecule has 1 atom stereocenters. The summed E-state index contributed by atoms with van der Waals surface area (Å²) in [6.45, 7) is 4.65. The molecule has 3 aromatic rings. The number of amides is 1. The maximum atomic E-state index is 12.3. The predicted molar refractivity (Wildman–Crippen MR) is 108 cm³/mol. The second kappa shape index (κ2) is 9.08. The van der Waals surface area contributed by atoms with Crippen molar-refractivity contribution in [1.29, 1.82) is 0 Å². The van der Waals surface area contributed by atoms with Crippen LogP contribution in [0.1, 0.15) is 19.4 Å². The highest BCUT2D eigenvalue weighted by Crippen LogP contribution is 2.25. The van der Waals surface area contributed by atoms with Crippen LogP contribution in [-0.4, -0.2) is 25.2 Å². The van der Waals surface area contributed by atoms with Crippen LogP contribution in [0.5, 0.6) is 11.5 Å². The Balaban J connectivity index is 1.49. The van der Waals surface area contributed by atoms with Crippen LogP contribution in [0.4, 0.5) is 0 Å². The van der Waals surface area contributed by atoms with Crippen LogP contribution < -0.4 is 14.8 Å². The quantitative estimate of drug-likeness (QED) is 0.605. The second-order valence-electron chi connectivity index (χ2n) is 6.34. The van der Waals surface area contributed by atoms with Gasteiger partial charge in [-0.1, -0.05) is 61.5 Å². The van der Waals surface area contributed by atoms with Crippen LogP contribution in [0.3, 0.4) is 0 Å². The highest BCUT2D eigenvalue weighted by Gasteiger charge is 2.15. The number of aryl methyl sites for hydroxylation is 1. The number of carbonyl (C=O) groups is 1. The smallest absolute Gasteiger partial charge is 0.260 e. The molecule has 0 aliphatic heterocycles. The number of para-hydroxylation sites is 1. The summed E-state index contributed by atoms with van der Waals surface area (Å²) in [5.41, 5.74) is 1.09. The molecule has 140 valence electrons. The minimum atomic E-state index is -0.560. The SMILES string of the molecule is CCc1ccccc1O[C@H](C)C(=O)NCCOc1cccc2ccccc12. The van der Waals surface area contributed by atoms with Gasteiger partial charge in [0.2, 0.25) is 0 Å². The first-order valence-corrected chi connectivity index (χ1v) is 9.32. The highest BCUT2D eigenvalue weighted by atomic mass is 16.5. The number of carbonyl (C=O) groups excluding carboxylic acids is 1. The first-order chi connectivity index (χ1) is 13.2. The normalized spacial score (nSPS) is 11.8. The summed E-state index contributed by atoms with van der Waals surface area (Å²) in [6, 6.07) is 21.8. The number of fused-ring (bicyclic) bond motifs is 1. The van der Waals surface area contributed by atoms with Crippen LogP contribution >= 0.6 is 0 Å². The third-order valence-electron chi connectivity index (χ3n) is 4.43. The van der Waals surface area contributed by atoms with Crippen molar-refractivity contribution in [3.05, 3.63) is 72.3 Å². The second-order valence-corrected chi connectivity index (χ2v) is 6.34. The minimum absolute atomic E-state index is 0.151. The van der Waals surface area contributed by atoms with Gasteiger partial charge in [0.05, 0.1) is 6.54 Å². The molecule has 4 nitrogen and oxygen atoms in total. The standard InChI is InChI=1S/C23H25NO3/c1-3-18-9-5-7-13-21(18)27-17(2)23(25)24-15-16-26-22-14-8-11-19-10-4-6-12-20(19)22/h4-14,17H,3,15-16H2,1-2H3,(H,24,25)/t17-/m1/s1. The lowest BCUT2D eigenvalue weighted by atomic mass is 10.1. The van der Waals surface area contributed by atoms with Crippen molar-refractivity contribution in [1.82, 2.24) is 5.32 Å². The molecule has 27 heavy (non-hydrogen) atoms. The summed E-state index contributed by atoms with van der Waals surface area (Å²) >= 11 is 0. The lowest BCUT2D eigenvalue weighted by Crippen LogP contribution is -2.38. The Labute approximate surface area is 160 Å². The Morgan fingerprint density at radius 2 is 1.67 bits per heavy atom. The Hall–Kier alpha value is -3.01. The topological polar surface area (TPSA) is 47.6 Å². The van der Waals surface area contributed by atoms with E-state index in [1.165, 1.54) is 0 Å². The van der Waals surface area contributed by atoms with Gasteiger partial charge in [-0.2, -0.15) is 0 Å². The molecule has 0 radical (unpaired) electrons. The average molecular weight is 363 g/mol. The van der Waals surface area contributed by atoms with E-state index < -0.39 is 6.10 Å². The molecule has 0 saturated heterocycles. The summed E-state index contributed by atoms with van der Waals surface area (Å²) in [6.07, 6.45) is 0.305. The summed E-state index contributed by atoms with van der Waals surface area (Å²) < 4.78 is 11.7. The van der Waals surface area contributed by atoms with Gasteiger partial charge in [-0.3, -0.25) is 4.79 Å². The van der Waals surface area contributed by atoms with E-state index in [4.69, 9.17) is 9.47 Å². The molecule has 0 aliphatic carbocycles. The van der Waals surface area contributed by atoms with E-state index in [2.05, 4.69) is 24.4 Å². The van der Waals surface area contributed by atoms with E-state index in [1.54, 1.807) is 6.92 Å². The molecule has 0 spiro atoms. The van der Waals surface area contributed by atoms with Crippen LogP contribution in [-0.2, 0) is 11.2 Å². The fraction of sp³-hybridized carbons (Fsp3) is 0.261. The molecule has 0 saturated carbocycles. The van der Waals surface area contributed by atoms with Crippen LogP contribution in [0.2, 0.25) is 0 Å². The summed E-state index contributed by atoms with van der Waals surface area (Å²) in [5.74, 6) is 1.43. The zero-order chi connectivity index (χ0) is 19.1.